The quantitative estimate of drug-likeness (QED) is 0.812. The third-order valence-corrected chi connectivity index (χ3v) is 2.66. The second-order valence-corrected chi connectivity index (χ2v) is 4.71. The second kappa shape index (κ2) is 6.78. The Morgan fingerprint density at radius 2 is 2.00 bits per heavy atom. The van der Waals surface area contributed by atoms with Crippen molar-refractivity contribution < 1.29 is 13.9 Å². The molecule has 1 rings (SSSR count). The molecule has 2 N–H and O–H groups in total. The number of benzene rings is 1. The molecule has 0 aliphatic carbocycles. The van der Waals surface area contributed by atoms with Crippen LogP contribution in [-0.4, -0.2) is 43.3 Å². The Bertz CT molecular complexity index is 385. The Morgan fingerprint density at radius 1 is 1.33 bits per heavy atom. The molecule has 3 nitrogen and oxygen atoms in total. The van der Waals surface area contributed by atoms with Crippen molar-refractivity contribution in [2.75, 3.05) is 27.2 Å². The molecule has 1 aromatic carbocycles. The monoisotopic (exact) mass is 258 g/mol. The van der Waals surface area contributed by atoms with E-state index in [1.165, 1.54) is 6.07 Å². The molecule has 2 unspecified atom stereocenters. The molecule has 0 fully saturated rings. The smallest absolute Gasteiger partial charge is 0.128 e. The van der Waals surface area contributed by atoms with E-state index >= 15 is 0 Å². The van der Waals surface area contributed by atoms with Gasteiger partial charge in [0.2, 0.25) is 0 Å². The number of rotatable bonds is 6. The number of hydrogen-bond acceptors (Lipinski definition) is 3. The van der Waals surface area contributed by atoms with E-state index in [1.807, 2.05) is 19.0 Å². The van der Waals surface area contributed by atoms with Crippen molar-refractivity contribution in [3.8, 4) is 0 Å². The van der Waals surface area contributed by atoms with Crippen LogP contribution in [-0.2, 0) is 0 Å². The number of likely N-dealkylation sites (N-methyl/N-ethyl adjacent to an activating group) is 1. The molecule has 2 atom stereocenters. The maximum atomic E-state index is 13.5. The molecule has 0 spiro atoms. The standard InChI is InChI=1S/C13H20F2N2O/c1-9(16-7-11(18)8-17(2)3)12-6-10(14)4-5-13(12)15/h4-6,9,11,16,18H,7-8H2,1-3H3. The number of halogens is 2. The van der Waals surface area contributed by atoms with E-state index in [0.29, 0.717) is 13.1 Å². The summed E-state index contributed by atoms with van der Waals surface area (Å²) >= 11 is 0. The van der Waals surface area contributed by atoms with Crippen LogP contribution in [0.2, 0.25) is 0 Å². The summed E-state index contributed by atoms with van der Waals surface area (Å²) in [5.74, 6) is -0.910. The molecule has 0 amide bonds. The van der Waals surface area contributed by atoms with Crippen molar-refractivity contribution in [3.05, 3.63) is 35.4 Å². The number of aliphatic hydroxyl groups is 1. The highest BCUT2D eigenvalue weighted by molar-refractivity contribution is 5.21. The lowest BCUT2D eigenvalue weighted by molar-refractivity contribution is 0.132. The summed E-state index contributed by atoms with van der Waals surface area (Å²) < 4.78 is 26.5. The summed E-state index contributed by atoms with van der Waals surface area (Å²) in [6, 6.07) is 3.02. The van der Waals surface area contributed by atoms with Crippen molar-refractivity contribution in [2.45, 2.75) is 19.1 Å². The van der Waals surface area contributed by atoms with Crippen LogP contribution in [0.15, 0.2) is 18.2 Å². The van der Waals surface area contributed by atoms with Crippen molar-refractivity contribution in [1.82, 2.24) is 10.2 Å². The molecule has 0 bridgehead atoms. The van der Waals surface area contributed by atoms with Crippen LogP contribution in [0.3, 0.4) is 0 Å². The Kier molecular flexibility index (Phi) is 5.65. The van der Waals surface area contributed by atoms with E-state index in [-0.39, 0.29) is 11.6 Å². The number of aliphatic hydroxyl groups excluding tert-OH is 1. The number of nitrogens with one attached hydrogen (secondary N) is 1. The van der Waals surface area contributed by atoms with Gasteiger partial charge in [0.15, 0.2) is 0 Å². The highest BCUT2D eigenvalue weighted by Gasteiger charge is 2.13. The van der Waals surface area contributed by atoms with Gasteiger partial charge in [0.05, 0.1) is 6.10 Å². The van der Waals surface area contributed by atoms with E-state index in [9.17, 15) is 13.9 Å². The van der Waals surface area contributed by atoms with Crippen molar-refractivity contribution in [2.24, 2.45) is 0 Å². The van der Waals surface area contributed by atoms with E-state index < -0.39 is 17.7 Å². The second-order valence-electron chi connectivity index (χ2n) is 4.71. The molecule has 0 aromatic heterocycles. The highest BCUT2D eigenvalue weighted by atomic mass is 19.1. The van der Waals surface area contributed by atoms with Crippen molar-refractivity contribution in [1.29, 1.82) is 0 Å². The predicted octanol–water partition coefficient (Wildman–Crippen LogP) is 1.54. The topological polar surface area (TPSA) is 35.5 Å². The average Bonchev–Trinajstić information content (AvgIpc) is 2.28. The summed E-state index contributed by atoms with van der Waals surface area (Å²) in [7, 11) is 3.72. The van der Waals surface area contributed by atoms with Gasteiger partial charge in [0, 0.05) is 24.7 Å². The highest BCUT2D eigenvalue weighted by Crippen LogP contribution is 2.17. The van der Waals surface area contributed by atoms with Gasteiger partial charge < -0.3 is 15.3 Å². The maximum Gasteiger partial charge on any atom is 0.128 e. The fraction of sp³-hybridized carbons (Fsp3) is 0.538. The molecule has 0 saturated heterocycles. The van der Waals surface area contributed by atoms with Gasteiger partial charge in [-0.25, -0.2) is 8.78 Å². The molecule has 102 valence electrons. The van der Waals surface area contributed by atoms with Gasteiger partial charge in [0.1, 0.15) is 11.6 Å². The normalized spacial score (nSPS) is 14.8. The van der Waals surface area contributed by atoms with E-state index in [1.54, 1.807) is 6.92 Å². The van der Waals surface area contributed by atoms with Gasteiger partial charge in [-0.3, -0.25) is 0 Å². The molecular weight excluding hydrogens is 238 g/mol. The minimum atomic E-state index is -0.543. The van der Waals surface area contributed by atoms with Crippen LogP contribution in [0.1, 0.15) is 18.5 Å². The molecule has 0 aliphatic heterocycles. The van der Waals surface area contributed by atoms with Crippen LogP contribution in [0.4, 0.5) is 8.78 Å². The van der Waals surface area contributed by atoms with Crippen LogP contribution >= 0.6 is 0 Å². The first kappa shape index (κ1) is 15.0. The summed E-state index contributed by atoms with van der Waals surface area (Å²) in [5.41, 5.74) is 0.270. The largest absolute Gasteiger partial charge is 0.390 e. The van der Waals surface area contributed by atoms with Gasteiger partial charge in [-0.2, -0.15) is 0 Å². The fourth-order valence-corrected chi connectivity index (χ4v) is 1.76. The third-order valence-electron chi connectivity index (χ3n) is 2.66. The maximum absolute atomic E-state index is 13.5. The van der Waals surface area contributed by atoms with Crippen LogP contribution in [0.25, 0.3) is 0 Å². The Labute approximate surface area is 106 Å². The molecular formula is C13H20F2N2O. The third kappa shape index (κ3) is 4.68. The number of hydrogen-bond donors (Lipinski definition) is 2. The summed E-state index contributed by atoms with van der Waals surface area (Å²) in [6.45, 7) is 2.58. The van der Waals surface area contributed by atoms with Gasteiger partial charge in [-0.15, -0.1) is 0 Å². The van der Waals surface area contributed by atoms with Crippen molar-refractivity contribution in [3.63, 3.8) is 0 Å². The minimum Gasteiger partial charge on any atom is -0.390 e. The fourth-order valence-electron chi connectivity index (χ4n) is 1.76. The zero-order chi connectivity index (χ0) is 13.7. The first-order valence-electron chi connectivity index (χ1n) is 5.91. The van der Waals surface area contributed by atoms with E-state index in [0.717, 1.165) is 12.1 Å². The van der Waals surface area contributed by atoms with Gasteiger partial charge in [0.25, 0.3) is 0 Å². The Balaban J connectivity index is 2.54. The Hall–Kier alpha value is -1.04. The molecule has 18 heavy (non-hydrogen) atoms. The van der Waals surface area contributed by atoms with Crippen LogP contribution in [0, 0.1) is 11.6 Å². The number of nitrogens with zero attached hydrogens (tertiary/aromatic N) is 1. The molecule has 1 aromatic rings. The zero-order valence-electron chi connectivity index (χ0n) is 11.0. The lowest BCUT2D eigenvalue weighted by Gasteiger charge is -2.20. The van der Waals surface area contributed by atoms with Crippen molar-refractivity contribution >= 4 is 0 Å². The molecule has 5 heteroatoms. The van der Waals surface area contributed by atoms with Gasteiger partial charge in [-0.1, -0.05) is 0 Å². The summed E-state index contributed by atoms with van der Waals surface area (Å²) in [5, 5.41) is 12.7. The van der Waals surface area contributed by atoms with Gasteiger partial charge >= 0.3 is 0 Å². The minimum absolute atomic E-state index is 0.270. The molecule has 0 aliphatic rings. The predicted molar refractivity (Wildman–Crippen MR) is 67.3 cm³/mol. The van der Waals surface area contributed by atoms with E-state index in [4.69, 9.17) is 0 Å². The Morgan fingerprint density at radius 3 is 2.61 bits per heavy atom. The van der Waals surface area contributed by atoms with Crippen LogP contribution < -0.4 is 5.32 Å². The average molecular weight is 258 g/mol. The molecule has 0 heterocycles. The first-order chi connectivity index (χ1) is 8.40. The van der Waals surface area contributed by atoms with Crippen LogP contribution in [0.5, 0.6) is 0 Å². The first-order valence-corrected chi connectivity index (χ1v) is 5.91. The SMILES string of the molecule is CC(NCC(O)CN(C)C)c1cc(F)ccc1F. The lowest BCUT2D eigenvalue weighted by atomic mass is 10.1. The zero-order valence-corrected chi connectivity index (χ0v) is 11.0. The summed E-state index contributed by atoms with van der Waals surface area (Å²) in [6.07, 6.45) is -0.543. The summed E-state index contributed by atoms with van der Waals surface area (Å²) in [4.78, 5) is 1.86. The van der Waals surface area contributed by atoms with E-state index in [2.05, 4.69) is 5.32 Å². The lowest BCUT2D eigenvalue weighted by Crippen LogP contribution is -2.36. The van der Waals surface area contributed by atoms with Gasteiger partial charge in [-0.05, 0) is 39.2 Å². The molecule has 0 radical (unpaired) electrons. The molecule has 0 saturated carbocycles.